The van der Waals surface area contributed by atoms with Gasteiger partial charge in [-0.1, -0.05) is 49.4 Å². The Balaban J connectivity index is 0.00000338. The molecule has 0 aliphatic heterocycles. The Morgan fingerprint density at radius 1 is 1.15 bits per heavy atom. The summed E-state index contributed by atoms with van der Waals surface area (Å²) >= 11 is 0. The van der Waals surface area contributed by atoms with Gasteiger partial charge < -0.3 is 20.7 Å². The number of aliphatic imine (C=N–C) groups is 1. The molecule has 0 aliphatic carbocycles. The van der Waals surface area contributed by atoms with E-state index in [9.17, 15) is 0 Å². The predicted molar refractivity (Wildman–Crippen MR) is 120 cm³/mol. The van der Waals surface area contributed by atoms with Crippen molar-refractivity contribution in [3.05, 3.63) is 65.2 Å². The summed E-state index contributed by atoms with van der Waals surface area (Å²) < 4.78 is 5.21. The first-order valence-corrected chi connectivity index (χ1v) is 8.52. The van der Waals surface area contributed by atoms with Gasteiger partial charge in [-0.05, 0) is 30.8 Å². The fraction of sp³-hybridized carbons (Fsp3) is 0.350. The Bertz CT molecular complexity index is 706. The molecule has 2 rings (SSSR count). The summed E-state index contributed by atoms with van der Waals surface area (Å²) in [6.45, 7) is 5.20. The van der Waals surface area contributed by atoms with Gasteiger partial charge in [-0.2, -0.15) is 0 Å². The number of rotatable bonds is 8. The molecule has 0 saturated heterocycles. The van der Waals surface area contributed by atoms with Gasteiger partial charge in [-0.25, -0.2) is 4.99 Å². The number of hydrogen-bond donors (Lipinski definition) is 2. The molecule has 2 aromatic carbocycles. The van der Waals surface area contributed by atoms with E-state index in [0.29, 0.717) is 19.1 Å². The Morgan fingerprint density at radius 3 is 2.62 bits per heavy atom. The number of halogens is 1. The van der Waals surface area contributed by atoms with Crippen molar-refractivity contribution in [1.82, 2.24) is 4.90 Å². The maximum Gasteiger partial charge on any atom is 0.193 e. The molecule has 0 unspecified atom stereocenters. The van der Waals surface area contributed by atoms with Crippen LogP contribution in [0.5, 0.6) is 0 Å². The minimum Gasteiger partial charge on any atom is -0.380 e. The van der Waals surface area contributed by atoms with Gasteiger partial charge in [0, 0.05) is 24.9 Å². The third-order valence-corrected chi connectivity index (χ3v) is 4.00. The lowest BCUT2D eigenvalue weighted by Crippen LogP contribution is -2.23. The lowest BCUT2D eigenvalue weighted by Gasteiger charge is -2.14. The van der Waals surface area contributed by atoms with Crippen molar-refractivity contribution in [1.29, 1.82) is 0 Å². The van der Waals surface area contributed by atoms with Gasteiger partial charge >= 0.3 is 0 Å². The molecule has 26 heavy (non-hydrogen) atoms. The monoisotopic (exact) mass is 468 g/mol. The largest absolute Gasteiger partial charge is 0.380 e. The minimum absolute atomic E-state index is 0. The van der Waals surface area contributed by atoms with E-state index in [0.717, 1.165) is 29.9 Å². The molecule has 0 aromatic heterocycles. The van der Waals surface area contributed by atoms with Crippen molar-refractivity contribution in [3.8, 4) is 0 Å². The van der Waals surface area contributed by atoms with E-state index >= 15 is 0 Å². The van der Waals surface area contributed by atoms with Crippen LogP contribution in [-0.4, -0.2) is 31.6 Å². The summed E-state index contributed by atoms with van der Waals surface area (Å²) in [5, 5.41) is 3.16. The molecular weight excluding hydrogens is 439 g/mol. The van der Waals surface area contributed by atoms with E-state index in [1.807, 2.05) is 24.3 Å². The zero-order chi connectivity index (χ0) is 18.1. The van der Waals surface area contributed by atoms with Gasteiger partial charge in [0.15, 0.2) is 5.96 Å². The first-order valence-electron chi connectivity index (χ1n) is 8.52. The number of ether oxygens (including phenoxy) is 1. The molecule has 0 bridgehead atoms. The van der Waals surface area contributed by atoms with Gasteiger partial charge in [0.05, 0.1) is 13.2 Å². The van der Waals surface area contributed by atoms with Crippen LogP contribution in [0.2, 0.25) is 0 Å². The zero-order valence-corrected chi connectivity index (χ0v) is 18.1. The fourth-order valence-electron chi connectivity index (χ4n) is 2.53. The molecule has 0 atom stereocenters. The summed E-state index contributed by atoms with van der Waals surface area (Å²) in [5.41, 5.74) is 10.5. The number of hydrogen-bond acceptors (Lipinski definition) is 3. The topological polar surface area (TPSA) is 62.9 Å². The third-order valence-electron chi connectivity index (χ3n) is 4.00. The Kier molecular flexibility index (Phi) is 10.2. The van der Waals surface area contributed by atoms with Gasteiger partial charge in [0.1, 0.15) is 0 Å². The highest BCUT2D eigenvalue weighted by molar-refractivity contribution is 14.0. The molecule has 0 heterocycles. The maximum atomic E-state index is 6.05. The van der Waals surface area contributed by atoms with E-state index in [4.69, 9.17) is 10.5 Å². The third kappa shape index (κ3) is 7.31. The van der Waals surface area contributed by atoms with Crippen LogP contribution in [0.4, 0.5) is 5.69 Å². The van der Waals surface area contributed by atoms with Crippen LogP contribution in [-0.2, 0) is 24.4 Å². The van der Waals surface area contributed by atoms with E-state index in [2.05, 4.69) is 53.4 Å². The van der Waals surface area contributed by atoms with Gasteiger partial charge in [-0.15, -0.1) is 24.0 Å². The smallest absolute Gasteiger partial charge is 0.193 e. The highest BCUT2D eigenvalue weighted by Crippen LogP contribution is 2.15. The Hall–Kier alpha value is -1.64. The molecule has 0 fully saturated rings. The number of nitrogens with one attached hydrogen (secondary N) is 1. The second-order valence-electron chi connectivity index (χ2n) is 6.07. The van der Waals surface area contributed by atoms with Gasteiger partial charge in [0.2, 0.25) is 0 Å². The Labute approximate surface area is 173 Å². The van der Waals surface area contributed by atoms with Gasteiger partial charge in [0.25, 0.3) is 0 Å². The average molecular weight is 468 g/mol. The van der Waals surface area contributed by atoms with Crippen LogP contribution in [0.15, 0.2) is 53.5 Å². The Morgan fingerprint density at radius 2 is 1.88 bits per heavy atom. The second-order valence-corrected chi connectivity index (χ2v) is 6.07. The molecule has 3 N–H and O–H groups in total. The summed E-state index contributed by atoms with van der Waals surface area (Å²) in [7, 11) is 3.79. The van der Waals surface area contributed by atoms with Crippen LogP contribution >= 0.6 is 24.0 Å². The molecule has 6 heteroatoms. The normalized spacial score (nSPS) is 11.3. The van der Waals surface area contributed by atoms with E-state index in [1.54, 1.807) is 7.11 Å². The molecule has 0 saturated carbocycles. The minimum atomic E-state index is 0. The van der Waals surface area contributed by atoms with E-state index < -0.39 is 0 Å². The van der Waals surface area contributed by atoms with Crippen molar-refractivity contribution < 1.29 is 4.74 Å². The van der Waals surface area contributed by atoms with Crippen LogP contribution < -0.4 is 11.1 Å². The van der Waals surface area contributed by atoms with Crippen molar-refractivity contribution in [2.75, 3.05) is 26.0 Å². The molecular formula is C20H29IN4O. The number of benzene rings is 2. The maximum absolute atomic E-state index is 6.05. The summed E-state index contributed by atoms with van der Waals surface area (Å²) in [5.74, 6) is 0.402. The molecule has 0 radical (unpaired) electrons. The molecule has 2 aromatic rings. The molecule has 0 amide bonds. The van der Waals surface area contributed by atoms with E-state index in [1.165, 1.54) is 5.56 Å². The zero-order valence-electron chi connectivity index (χ0n) is 15.7. The fourth-order valence-corrected chi connectivity index (χ4v) is 2.53. The van der Waals surface area contributed by atoms with Gasteiger partial charge in [-0.3, -0.25) is 0 Å². The lowest BCUT2D eigenvalue weighted by atomic mass is 10.1. The first-order chi connectivity index (χ1) is 12.1. The van der Waals surface area contributed by atoms with Crippen LogP contribution in [0.1, 0.15) is 23.6 Å². The summed E-state index contributed by atoms with van der Waals surface area (Å²) in [6.07, 6.45) is 0. The number of para-hydroxylation sites is 1. The highest BCUT2D eigenvalue weighted by Gasteiger charge is 2.03. The van der Waals surface area contributed by atoms with Crippen molar-refractivity contribution in [2.45, 2.75) is 26.6 Å². The quantitative estimate of drug-likeness (QED) is 0.351. The van der Waals surface area contributed by atoms with Crippen LogP contribution in [0.25, 0.3) is 0 Å². The molecule has 5 nitrogen and oxygen atoms in total. The first kappa shape index (κ1) is 22.4. The lowest BCUT2D eigenvalue weighted by molar-refractivity contribution is 0.185. The van der Waals surface area contributed by atoms with Crippen LogP contribution in [0.3, 0.4) is 0 Å². The SMILES string of the molecule is CCN(C)Cc1cccc(CN=C(N)Nc2ccccc2COC)c1.I. The number of methoxy groups -OCH3 is 1. The summed E-state index contributed by atoms with van der Waals surface area (Å²) in [4.78, 5) is 6.73. The standard InChI is InChI=1S/C20H28N4O.HI/c1-4-24(2)14-17-9-7-8-16(12-17)13-22-20(21)23-19-11-6-5-10-18(19)15-25-3;/h5-12H,4,13-15H2,1-3H3,(H3,21,22,23);1H. The van der Waals surface area contributed by atoms with Crippen LogP contribution in [0, 0.1) is 0 Å². The second kappa shape index (κ2) is 11.9. The van der Waals surface area contributed by atoms with Crippen molar-refractivity contribution in [3.63, 3.8) is 0 Å². The highest BCUT2D eigenvalue weighted by atomic mass is 127. The average Bonchev–Trinajstić information content (AvgIpc) is 2.62. The van der Waals surface area contributed by atoms with Crippen molar-refractivity contribution >= 4 is 35.6 Å². The molecule has 142 valence electrons. The van der Waals surface area contributed by atoms with Crippen molar-refractivity contribution in [2.24, 2.45) is 10.7 Å². The summed E-state index contributed by atoms with van der Waals surface area (Å²) in [6, 6.07) is 16.4. The molecule has 0 spiro atoms. The van der Waals surface area contributed by atoms with E-state index in [-0.39, 0.29) is 24.0 Å². The number of nitrogens with two attached hydrogens (primary N) is 1. The number of guanidine groups is 1. The number of anilines is 1. The predicted octanol–water partition coefficient (Wildman–Crippen LogP) is 3.83. The number of nitrogens with zero attached hydrogens (tertiary/aromatic N) is 2. The molecule has 0 aliphatic rings.